The molecule has 1 saturated heterocycles. The van der Waals surface area contributed by atoms with Gasteiger partial charge in [-0.15, -0.1) is 11.3 Å². The van der Waals surface area contributed by atoms with E-state index in [1.54, 1.807) is 12.1 Å². The van der Waals surface area contributed by atoms with Crippen molar-refractivity contribution < 1.29 is 19.1 Å². The third-order valence-electron chi connectivity index (χ3n) is 5.01. The number of carbonyl (C=O) groups excluding carboxylic acids is 2. The molecule has 3 aromatic rings. The molecule has 4 rings (SSSR count). The number of nitrogens with one attached hydrogen (secondary N) is 1. The lowest BCUT2D eigenvalue weighted by atomic mass is 10.1. The molecule has 1 aliphatic heterocycles. The lowest BCUT2D eigenvalue weighted by Crippen LogP contribution is -2.38. The van der Waals surface area contributed by atoms with E-state index < -0.39 is 5.91 Å². The molecule has 0 radical (unpaired) electrons. The van der Waals surface area contributed by atoms with Crippen LogP contribution in [0.2, 0.25) is 0 Å². The number of nitrogens with zero attached hydrogens (tertiary/aromatic N) is 3. The number of rotatable bonds is 8. The summed E-state index contributed by atoms with van der Waals surface area (Å²) in [4.78, 5) is 34.5. The van der Waals surface area contributed by atoms with Crippen molar-refractivity contribution >= 4 is 40.1 Å². The second kappa shape index (κ2) is 8.64. The fraction of sp³-hybridized carbons (Fsp3) is 0.429. The molecule has 0 atom stereocenters. The molecule has 10 heteroatoms. The predicted octanol–water partition coefficient (Wildman–Crippen LogP) is 2.90. The van der Waals surface area contributed by atoms with Gasteiger partial charge in [0.2, 0.25) is 11.9 Å². The van der Waals surface area contributed by atoms with Gasteiger partial charge < -0.3 is 19.8 Å². The number of aryl methyl sites for hydroxylation is 3. The largest absolute Gasteiger partial charge is 0.483 e. The lowest BCUT2D eigenvalue weighted by molar-refractivity contribution is -0.0792. The molecule has 31 heavy (non-hydrogen) atoms. The van der Waals surface area contributed by atoms with Crippen LogP contribution in [0.4, 0.5) is 5.95 Å². The van der Waals surface area contributed by atoms with Gasteiger partial charge in [0, 0.05) is 12.1 Å². The van der Waals surface area contributed by atoms with E-state index in [-0.39, 0.29) is 12.0 Å². The first kappa shape index (κ1) is 21.3. The minimum Gasteiger partial charge on any atom is -0.483 e. The van der Waals surface area contributed by atoms with Crippen LogP contribution >= 0.6 is 11.3 Å². The average Bonchev–Trinajstić information content (AvgIpc) is 3.25. The quantitative estimate of drug-likeness (QED) is 0.552. The second-order valence-electron chi connectivity index (χ2n) is 7.39. The zero-order valence-electron chi connectivity index (χ0n) is 17.7. The van der Waals surface area contributed by atoms with Crippen LogP contribution in [0, 0.1) is 6.92 Å². The number of imidazole rings is 1. The van der Waals surface area contributed by atoms with Gasteiger partial charge in [-0.1, -0.05) is 13.8 Å². The Hall–Kier alpha value is -2.98. The first-order valence-electron chi connectivity index (χ1n) is 10.3. The van der Waals surface area contributed by atoms with Gasteiger partial charge in [0.05, 0.1) is 29.4 Å². The summed E-state index contributed by atoms with van der Waals surface area (Å²) in [5.41, 5.74) is 7.83. The molecular weight excluding hydrogens is 418 g/mol. The van der Waals surface area contributed by atoms with E-state index in [0.29, 0.717) is 59.4 Å². The standard InChI is InChI=1S/C21H25N5O4S/c1-4-6-26-17-15(7-12(19(22)27)8-16(17)30-13-9-29-10-13)24-21(26)25-20(28)18-14(5-2)23-11(3)31-18/h7-8,13H,4-6,9-10H2,1-3H3,(H2,22,27)(H,24,25,28). The molecule has 2 aromatic heterocycles. The smallest absolute Gasteiger partial charge is 0.269 e. The zero-order chi connectivity index (χ0) is 22.1. The van der Waals surface area contributed by atoms with E-state index >= 15 is 0 Å². The highest BCUT2D eigenvalue weighted by Crippen LogP contribution is 2.33. The molecule has 2 amide bonds. The highest BCUT2D eigenvalue weighted by molar-refractivity contribution is 7.13. The minimum absolute atomic E-state index is 0.0957. The summed E-state index contributed by atoms with van der Waals surface area (Å²) in [6.45, 7) is 7.47. The molecule has 1 aromatic carbocycles. The monoisotopic (exact) mass is 443 g/mol. The number of aromatic nitrogens is 3. The molecule has 0 bridgehead atoms. The highest BCUT2D eigenvalue weighted by Gasteiger charge is 2.25. The summed E-state index contributed by atoms with van der Waals surface area (Å²) >= 11 is 1.36. The Kier molecular flexibility index (Phi) is 5.92. The SMILES string of the molecule is CCCn1c(NC(=O)c2sc(C)nc2CC)nc2cc(C(N)=O)cc(OC3COC3)c21. The summed E-state index contributed by atoms with van der Waals surface area (Å²) in [6, 6.07) is 3.25. The van der Waals surface area contributed by atoms with Crippen molar-refractivity contribution in [3.8, 4) is 5.75 Å². The van der Waals surface area contributed by atoms with Gasteiger partial charge in [0.15, 0.2) is 0 Å². The van der Waals surface area contributed by atoms with Crippen molar-refractivity contribution in [1.82, 2.24) is 14.5 Å². The Balaban J connectivity index is 1.79. The van der Waals surface area contributed by atoms with Gasteiger partial charge >= 0.3 is 0 Å². The van der Waals surface area contributed by atoms with Gasteiger partial charge in [0.1, 0.15) is 22.2 Å². The van der Waals surface area contributed by atoms with Crippen LogP contribution in [-0.4, -0.2) is 45.7 Å². The number of fused-ring (bicyclic) bond motifs is 1. The highest BCUT2D eigenvalue weighted by atomic mass is 32.1. The van der Waals surface area contributed by atoms with E-state index in [4.69, 9.17) is 15.2 Å². The number of amides is 2. The van der Waals surface area contributed by atoms with Crippen molar-refractivity contribution in [3.63, 3.8) is 0 Å². The first-order valence-corrected chi connectivity index (χ1v) is 11.1. The molecule has 1 fully saturated rings. The first-order chi connectivity index (χ1) is 14.9. The van der Waals surface area contributed by atoms with Crippen LogP contribution < -0.4 is 15.8 Å². The average molecular weight is 444 g/mol. The molecule has 0 spiro atoms. The van der Waals surface area contributed by atoms with Crippen LogP contribution in [0.1, 0.15) is 51.0 Å². The van der Waals surface area contributed by atoms with Gasteiger partial charge in [-0.25, -0.2) is 9.97 Å². The van der Waals surface area contributed by atoms with E-state index in [0.717, 1.165) is 17.1 Å². The Labute approximate surface area is 183 Å². The van der Waals surface area contributed by atoms with Crippen LogP contribution in [0.25, 0.3) is 11.0 Å². The van der Waals surface area contributed by atoms with Gasteiger partial charge in [0.25, 0.3) is 5.91 Å². The maximum absolute atomic E-state index is 13.0. The summed E-state index contributed by atoms with van der Waals surface area (Å²) in [7, 11) is 0. The van der Waals surface area contributed by atoms with Crippen LogP contribution in [0.5, 0.6) is 5.75 Å². The van der Waals surface area contributed by atoms with Crippen LogP contribution in [0.3, 0.4) is 0 Å². The molecule has 1 aliphatic rings. The maximum Gasteiger partial charge on any atom is 0.269 e. The molecule has 9 nitrogen and oxygen atoms in total. The molecule has 0 saturated carbocycles. The summed E-state index contributed by atoms with van der Waals surface area (Å²) in [5, 5.41) is 3.77. The minimum atomic E-state index is -0.569. The summed E-state index contributed by atoms with van der Waals surface area (Å²) in [5.74, 6) is 0.0790. The maximum atomic E-state index is 13.0. The number of carbonyl (C=O) groups is 2. The molecule has 3 heterocycles. The number of thiazole rings is 1. The Morgan fingerprint density at radius 3 is 2.71 bits per heavy atom. The Morgan fingerprint density at radius 2 is 2.10 bits per heavy atom. The third-order valence-corrected chi connectivity index (χ3v) is 6.02. The second-order valence-corrected chi connectivity index (χ2v) is 8.59. The fourth-order valence-electron chi connectivity index (χ4n) is 3.51. The van der Waals surface area contributed by atoms with Crippen molar-refractivity contribution in [2.24, 2.45) is 5.73 Å². The van der Waals surface area contributed by atoms with Crippen LogP contribution in [0.15, 0.2) is 12.1 Å². The molecule has 164 valence electrons. The Bertz CT molecular complexity index is 1150. The van der Waals surface area contributed by atoms with Crippen molar-refractivity contribution in [2.75, 3.05) is 18.5 Å². The van der Waals surface area contributed by atoms with E-state index in [1.165, 1.54) is 11.3 Å². The summed E-state index contributed by atoms with van der Waals surface area (Å²) < 4.78 is 13.2. The number of primary amides is 1. The van der Waals surface area contributed by atoms with Gasteiger partial charge in [-0.05, 0) is 31.9 Å². The molecular formula is C21H25N5O4S. The van der Waals surface area contributed by atoms with Crippen LogP contribution in [-0.2, 0) is 17.7 Å². The van der Waals surface area contributed by atoms with Crippen molar-refractivity contribution in [3.05, 3.63) is 33.3 Å². The fourth-order valence-corrected chi connectivity index (χ4v) is 4.41. The third kappa shape index (κ3) is 4.13. The number of ether oxygens (including phenoxy) is 2. The topological polar surface area (TPSA) is 121 Å². The Morgan fingerprint density at radius 1 is 1.32 bits per heavy atom. The van der Waals surface area contributed by atoms with Gasteiger partial charge in [-0.3, -0.25) is 14.9 Å². The van der Waals surface area contributed by atoms with Crippen molar-refractivity contribution in [1.29, 1.82) is 0 Å². The number of benzene rings is 1. The number of anilines is 1. The summed E-state index contributed by atoms with van der Waals surface area (Å²) in [6.07, 6.45) is 1.39. The van der Waals surface area contributed by atoms with E-state index in [2.05, 4.69) is 15.3 Å². The zero-order valence-corrected chi connectivity index (χ0v) is 18.5. The van der Waals surface area contributed by atoms with Gasteiger partial charge in [-0.2, -0.15) is 0 Å². The number of hydrogen-bond donors (Lipinski definition) is 2. The normalized spacial score (nSPS) is 13.9. The van der Waals surface area contributed by atoms with Crippen molar-refractivity contribution in [2.45, 2.75) is 46.3 Å². The van der Waals surface area contributed by atoms with E-state index in [9.17, 15) is 9.59 Å². The number of hydrogen-bond acceptors (Lipinski definition) is 7. The number of nitrogens with two attached hydrogens (primary N) is 1. The predicted molar refractivity (Wildman–Crippen MR) is 118 cm³/mol. The molecule has 0 aliphatic carbocycles. The molecule has 3 N–H and O–H groups in total. The molecule has 0 unspecified atom stereocenters. The lowest BCUT2D eigenvalue weighted by Gasteiger charge is -2.27. The van der Waals surface area contributed by atoms with E-state index in [1.807, 2.05) is 25.3 Å².